The van der Waals surface area contributed by atoms with Gasteiger partial charge in [0.1, 0.15) is 5.75 Å². The lowest BCUT2D eigenvalue weighted by molar-refractivity contribution is -0.120. The van der Waals surface area contributed by atoms with Gasteiger partial charge in [-0.25, -0.2) is 8.42 Å². The van der Waals surface area contributed by atoms with Gasteiger partial charge in [-0.05, 0) is 68.5 Å². The number of carbonyl (C=O) groups excluding carboxylic acids is 1. The third-order valence-electron chi connectivity index (χ3n) is 6.61. The van der Waals surface area contributed by atoms with Crippen molar-refractivity contribution in [3.05, 3.63) is 53.9 Å². The average molecular weight is 497 g/mol. The predicted molar refractivity (Wildman–Crippen MR) is 130 cm³/mol. The number of piperidine rings is 1. The molecule has 10 heteroatoms. The molecular weight excluding hydrogens is 468 g/mol. The van der Waals surface area contributed by atoms with E-state index >= 15 is 0 Å². The summed E-state index contributed by atoms with van der Waals surface area (Å²) in [6, 6.07) is 12.3. The zero-order chi connectivity index (χ0) is 24.6. The molecule has 2 aromatic carbocycles. The number of amides is 1. The van der Waals surface area contributed by atoms with Gasteiger partial charge >= 0.3 is 0 Å². The average Bonchev–Trinajstić information content (AvgIpc) is 3.61. The van der Waals surface area contributed by atoms with Crippen molar-refractivity contribution in [3.63, 3.8) is 0 Å². The van der Waals surface area contributed by atoms with Gasteiger partial charge in [0.15, 0.2) is 0 Å². The molecule has 2 fully saturated rings. The highest BCUT2D eigenvalue weighted by Crippen LogP contribution is 2.39. The summed E-state index contributed by atoms with van der Waals surface area (Å²) in [7, 11) is -2.15. The van der Waals surface area contributed by atoms with Crippen LogP contribution in [0.4, 0.5) is 5.69 Å². The van der Waals surface area contributed by atoms with Gasteiger partial charge in [0.25, 0.3) is 0 Å². The second-order valence-electron chi connectivity index (χ2n) is 9.11. The van der Waals surface area contributed by atoms with Crippen LogP contribution in [0, 0.1) is 12.8 Å². The molecule has 9 nitrogen and oxygen atoms in total. The minimum Gasteiger partial charge on any atom is -0.497 e. The molecular formula is C25H28N4O5S. The maximum atomic E-state index is 13.5. The van der Waals surface area contributed by atoms with Crippen LogP contribution in [0.1, 0.15) is 43.1 Å². The van der Waals surface area contributed by atoms with Gasteiger partial charge in [-0.2, -0.15) is 9.29 Å². The number of ether oxygens (including phenoxy) is 1. The number of nitrogens with zero attached hydrogens (tertiary/aromatic N) is 3. The fourth-order valence-electron chi connectivity index (χ4n) is 4.28. The highest BCUT2D eigenvalue weighted by Gasteiger charge is 2.34. The molecule has 184 valence electrons. The minimum atomic E-state index is -3.73. The number of hydrogen-bond acceptors (Lipinski definition) is 7. The van der Waals surface area contributed by atoms with E-state index in [2.05, 4.69) is 15.5 Å². The third-order valence-corrected chi connectivity index (χ3v) is 8.66. The Morgan fingerprint density at radius 3 is 2.46 bits per heavy atom. The third kappa shape index (κ3) is 4.94. The highest BCUT2D eigenvalue weighted by atomic mass is 32.2. The number of rotatable bonds is 7. The van der Waals surface area contributed by atoms with Crippen molar-refractivity contribution in [2.24, 2.45) is 5.92 Å². The fourth-order valence-corrected chi connectivity index (χ4v) is 6.00. The van der Waals surface area contributed by atoms with E-state index in [9.17, 15) is 13.2 Å². The van der Waals surface area contributed by atoms with E-state index in [0.29, 0.717) is 53.0 Å². The van der Waals surface area contributed by atoms with Gasteiger partial charge in [0.05, 0.1) is 12.0 Å². The molecule has 0 spiro atoms. The van der Waals surface area contributed by atoms with Crippen molar-refractivity contribution in [3.8, 4) is 17.1 Å². The second-order valence-corrected chi connectivity index (χ2v) is 11.0. The number of methoxy groups -OCH3 is 1. The molecule has 1 N–H and O–H groups in total. The van der Waals surface area contributed by atoms with E-state index in [0.717, 1.165) is 12.8 Å². The maximum absolute atomic E-state index is 13.5. The Hall–Kier alpha value is -3.24. The van der Waals surface area contributed by atoms with Crippen LogP contribution in [-0.2, 0) is 14.8 Å². The van der Waals surface area contributed by atoms with Crippen molar-refractivity contribution in [1.29, 1.82) is 0 Å². The molecule has 0 unspecified atom stereocenters. The van der Waals surface area contributed by atoms with Gasteiger partial charge < -0.3 is 14.6 Å². The summed E-state index contributed by atoms with van der Waals surface area (Å²) >= 11 is 0. The van der Waals surface area contributed by atoms with Crippen LogP contribution in [0.15, 0.2) is 51.9 Å². The number of aryl methyl sites for hydroxylation is 1. The summed E-state index contributed by atoms with van der Waals surface area (Å²) in [4.78, 5) is 17.4. The van der Waals surface area contributed by atoms with Crippen molar-refractivity contribution in [1.82, 2.24) is 14.4 Å². The second kappa shape index (κ2) is 9.43. The Kier molecular flexibility index (Phi) is 6.33. The monoisotopic (exact) mass is 496 g/mol. The van der Waals surface area contributed by atoms with Crippen molar-refractivity contribution in [2.75, 3.05) is 25.5 Å². The molecule has 0 radical (unpaired) electrons. The Labute approximate surface area is 204 Å². The molecule has 2 heterocycles. The zero-order valence-corrected chi connectivity index (χ0v) is 20.5. The first-order chi connectivity index (χ1) is 16.8. The molecule has 1 amide bonds. The quantitative estimate of drug-likeness (QED) is 0.526. The van der Waals surface area contributed by atoms with Crippen LogP contribution in [0.2, 0.25) is 0 Å². The summed E-state index contributed by atoms with van der Waals surface area (Å²) in [5.41, 5.74) is 1.95. The Morgan fingerprint density at radius 2 is 1.80 bits per heavy atom. The largest absolute Gasteiger partial charge is 0.497 e. The molecule has 2 aliphatic rings. The molecule has 1 aliphatic heterocycles. The van der Waals surface area contributed by atoms with Gasteiger partial charge in [0.2, 0.25) is 27.6 Å². The molecule has 1 aliphatic carbocycles. The SMILES string of the molecule is COc1ccc(NC(=O)C2CCN(S(=O)(=O)c3cc(-c4noc(C5CC5)n4)ccc3C)CC2)cc1. The molecule has 1 saturated heterocycles. The van der Waals surface area contributed by atoms with Gasteiger partial charge in [-0.15, -0.1) is 0 Å². The molecule has 1 saturated carbocycles. The van der Waals surface area contributed by atoms with E-state index in [1.54, 1.807) is 50.4 Å². The van der Waals surface area contributed by atoms with Crippen LogP contribution in [-0.4, -0.2) is 49.0 Å². The first kappa shape index (κ1) is 23.5. The van der Waals surface area contributed by atoms with Crippen LogP contribution in [0.5, 0.6) is 5.75 Å². The van der Waals surface area contributed by atoms with Crippen molar-refractivity contribution < 1.29 is 22.5 Å². The van der Waals surface area contributed by atoms with E-state index in [1.807, 2.05) is 6.07 Å². The first-order valence-corrected chi connectivity index (χ1v) is 13.2. The summed E-state index contributed by atoms with van der Waals surface area (Å²) in [6.07, 6.45) is 3.00. The minimum absolute atomic E-state index is 0.103. The molecule has 5 rings (SSSR count). The number of sulfonamides is 1. The highest BCUT2D eigenvalue weighted by molar-refractivity contribution is 7.89. The van der Waals surface area contributed by atoms with Crippen LogP contribution >= 0.6 is 0 Å². The number of aromatic nitrogens is 2. The van der Waals surface area contributed by atoms with Crippen LogP contribution < -0.4 is 10.1 Å². The van der Waals surface area contributed by atoms with E-state index < -0.39 is 10.0 Å². The molecule has 0 atom stereocenters. The number of benzene rings is 2. The number of anilines is 1. The Balaban J connectivity index is 1.26. The zero-order valence-electron chi connectivity index (χ0n) is 19.7. The molecule has 35 heavy (non-hydrogen) atoms. The standard InChI is InChI=1S/C25H28N4O5S/c1-16-3-4-19(23-27-25(34-28-23)18-5-6-18)15-22(16)35(31,32)29-13-11-17(12-14-29)24(30)26-20-7-9-21(33-2)10-8-20/h3-4,7-10,15,17-18H,5-6,11-14H2,1-2H3,(H,26,30). The van der Waals surface area contributed by atoms with Crippen molar-refractivity contribution in [2.45, 2.75) is 43.4 Å². The summed E-state index contributed by atoms with van der Waals surface area (Å²) in [6.45, 7) is 2.33. The van der Waals surface area contributed by atoms with E-state index in [4.69, 9.17) is 9.26 Å². The lowest BCUT2D eigenvalue weighted by Gasteiger charge is -2.31. The molecule has 1 aromatic heterocycles. The summed E-state index contributed by atoms with van der Waals surface area (Å²) in [5, 5.41) is 6.95. The van der Waals surface area contributed by atoms with E-state index in [1.165, 1.54) is 4.31 Å². The molecule has 0 bridgehead atoms. The van der Waals surface area contributed by atoms with Gasteiger partial charge in [-0.3, -0.25) is 4.79 Å². The molecule has 3 aromatic rings. The Bertz CT molecular complexity index is 1320. The van der Waals surface area contributed by atoms with Crippen LogP contribution in [0.3, 0.4) is 0 Å². The topological polar surface area (TPSA) is 115 Å². The predicted octanol–water partition coefficient (Wildman–Crippen LogP) is 3.97. The van der Waals surface area contributed by atoms with Crippen molar-refractivity contribution >= 4 is 21.6 Å². The Morgan fingerprint density at radius 1 is 1.09 bits per heavy atom. The lowest BCUT2D eigenvalue weighted by atomic mass is 9.97. The number of nitrogens with one attached hydrogen (secondary N) is 1. The smallest absolute Gasteiger partial charge is 0.243 e. The lowest BCUT2D eigenvalue weighted by Crippen LogP contribution is -2.41. The first-order valence-electron chi connectivity index (χ1n) is 11.7. The van der Waals surface area contributed by atoms with E-state index in [-0.39, 0.29) is 29.8 Å². The summed E-state index contributed by atoms with van der Waals surface area (Å²) < 4.78 is 38.9. The fraction of sp³-hybridized carbons (Fsp3) is 0.400. The normalized spacial score (nSPS) is 17.3. The van der Waals surface area contributed by atoms with Gasteiger partial charge in [0, 0.05) is 36.2 Å². The van der Waals surface area contributed by atoms with Crippen LogP contribution in [0.25, 0.3) is 11.4 Å². The number of carbonyl (C=O) groups is 1. The van der Waals surface area contributed by atoms with Gasteiger partial charge in [-0.1, -0.05) is 17.3 Å². The number of hydrogen-bond donors (Lipinski definition) is 1. The maximum Gasteiger partial charge on any atom is 0.243 e. The summed E-state index contributed by atoms with van der Waals surface area (Å²) in [5.74, 6) is 1.69.